The third-order valence-electron chi connectivity index (χ3n) is 4.82. The quantitative estimate of drug-likeness (QED) is 0.571. The fourth-order valence-electron chi connectivity index (χ4n) is 3.01. The highest BCUT2D eigenvalue weighted by atomic mass is 32.2. The Bertz CT molecular complexity index is 940. The van der Waals surface area contributed by atoms with E-state index in [2.05, 4.69) is 23.9 Å². The van der Waals surface area contributed by atoms with Gasteiger partial charge in [-0.25, -0.2) is 13.1 Å². The zero-order valence-electron chi connectivity index (χ0n) is 18.3. The second-order valence-electron chi connectivity index (χ2n) is 7.65. The Balaban J connectivity index is 2.11. The monoisotopic (exact) mass is 432 g/mol. The lowest BCUT2D eigenvalue weighted by Crippen LogP contribution is -2.33. The second-order valence-corrected chi connectivity index (χ2v) is 9.37. The van der Waals surface area contributed by atoms with Gasteiger partial charge in [-0.3, -0.25) is 4.79 Å². The minimum atomic E-state index is -3.57. The molecule has 0 saturated heterocycles. The number of nitrogens with one attached hydrogen (secondary N) is 2. The Morgan fingerprint density at radius 1 is 0.967 bits per heavy atom. The molecule has 2 unspecified atom stereocenters. The summed E-state index contributed by atoms with van der Waals surface area (Å²) >= 11 is 0. The molecule has 1 amide bonds. The van der Waals surface area contributed by atoms with Crippen LogP contribution in [0.3, 0.4) is 0 Å². The number of ether oxygens (including phenoxy) is 1. The molecule has 2 atom stereocenters. The number of carbonyl (C=O) groups excluding carboxylic acids is 1. The van der Waals surface area contributed by atoms with Gasteiger partial charge in [0, 0.05) is 11.7 Å². The van der Waals surface area contributed by atoms with Crippen LogP contribution in [0.15, 0.2) is 53.4 Å². The van der Waals surface area contributed by atoms with E-state index in [9.17, 15) is 13.2 Å². The number of anilines is 1. The summed E-state index contributed by atoms with van der Waals surface area (Å²) in [5.41, 5.74) is 1.60. The standard InChI is InChI=1S/C23H32N2O4S/c1-6-17(5)20-10-8-9-11-22(20)29-21(7-2)23(26)24-18-12-14-19(15-13-18)30(27,28)25-16(3)4/h8-17,21,25H,6-7H2,1-5H3,(H,24,26). The van der Waals surface area contributed by atoms with Crippen LogP contribution in [0.5, 0.6) is 5.75 Å². The van der Waals surface area contributed by atoms with Gasteiger partial charge in [-0.1, -0.05) is 39.0 Å². The molecule has 7 heteroatoms. The van der Waals surface area contributed by atoms with Crippen LogP contribution in [-0.2, 0) is 14.8 Å². The number of sulfonamides is 1. The number of para-hydroxylation sites is 1. The molecule has 30 heavy (non-hydrogen) atoms. The van der Waals surface area contributed by atoms with E-state index >= 15 is 0 Å². The van der Waals surface area contributed by atoms with Crippen LogP contribution >= 0.6 is 0 Å². The van der Waals surface area contributed by atoms with Crippen LogP contribution in [0, 0.1) is 0 Å². The van der Waals surface area contributed by atoms with Crippen LogP contribution in [0.2, 0.25) is 0 Å². The first-order valence-electron chi connectivity index (χ1n) is 10.4. The van der Waals surface area contributed by atoms with Crippen molar-refractivity contribution in [3.8, 4) is 5.75 Å². The molecule has 164 valence electrons. The van der Waals surface area contributed by atoms with E-state index in [1.54, 1.807) is 26.0 Å². The van der Waals surface area contributed by atoms with Crippen LogP contribution < -0.4 is 14.8 Å². The Hall–Kier alpha value is -2.38. The number of rotatable bonds is 10. The summed E-state index contributed by atoms with van der Waals surface area (Å²) in [6.07, 6.45) is 0.830. The predicted octanol–water partition coefficient (Wildman–Crippen LogP) is 4.68. The highest BCUT2D eigenvalue weighted by Gasteiger charge is 2.21. The van der Waals surface area contributed by atoms with Gasteiger partial charge in [0.1, 0.15) is 5.75 Å². The van der Waals surface area contributed by atoms with Crippen LogP contribution in [-0.4, -0.2) is 26.5 Å². The molecule has 0 spiro atoms. The first kappa shape index (κ1) is 23.9. The fourth-order valence-corrected chi connectivity index (χ4v) is 4.26. The van der Waals surface area contributed by atoms with Gasteiger partial charge in [-0.05, 0) is 68.5 Å². The number of benzene rings is 2. The van der Waals surface area contributed by atoms with Crippen molar-refractivity contribution in [2.75, 3.05) is 5.32 Å². The maximum absolute atomic E-state index is 12.8. The predicted molar refractivity (Wildman–Crippen MR) is 120 cm³/mol. The molecule has 0 radical (unpaired) electrons. The fraction of sp³-hybridized carbons (Fsp3) is 0.435. The van der Waals surface area contributed by atoms with E-state index in [0.29, 0.717) is 18.0 Å². The van der Waals surface area contributed by atoms with E-state index in [4.69, 9.17) is 4.74 Å². The van der Waals surface area contributed by atoms with Crippen LogP contribution in [0.25, 0.3) is 0 Å². The average molecular weight is 433 g/mol. The molecule has 2 aromatic carbocycles. The van der Waals surface area contributed by atoms with Gasteiger partial charge in [-0.15, -0.1) is 0 Å². The summed E-state index contributed by atoms with van der Waals surface area (Å²) < 4.78 is 33.0. The van der Waals surface area contributed by atoms with E-state index < -0.39 is 16.1 Å². The van der Waals surface area contributed by atoms with Crippen molar-refractivity contribution >= 4 is 21.6 Å². The maximum Gasteiger partial charge on any atom is 0.265 e. The lowest BCUT2D eigenvalue weighted by atomic mass is 9.98. The topological polar surface area (TPSA) is 84.5 Å². The highest BCUT2D eigenvalue weighted by Crippen LogP contribution is 2.29. The van der Waals surface area contributed by atoms with Gasteiger partial charge in [0.25, 0.3) is 5.91 Å². The van der Waals surface area contributed by atoms with Gasteiger partial charge in [0.15, 0.2) is 6.10 Å². The van der Waals surface area contributed by atoms with Crippen molar-refractivity contribution in [1.29, 1.82) is 0 Å². The molecule has 2 N–H and O–H groups in total. The molecule has 0 aliphatic rings. The van der Waals surface area contributed by atoms with Gasteiger partial charge >= 0.3 is 0 Å². The van der Waals surface area contributed by atoms with Gasteiger partial charge < -0.3 is 10.1 Å². The Labute approximate surface area is 180 Å². The normalized spacial score (nSPS) is 13.7. The first-order chi connectivity index (χ1) is 14.2. The molecule has 0 bridgehead atoms. The number of hydrogen-bond acceptors (Lipinski definition) is 4. The highest BCUT2D eigenvalue weighted by molar-refractivity contribution is 7.89. The molecule has 2 aromatic rings. The van der Waals surface area contributed by atoms with E-state index in [1.165, 1.54) is 12.1 Å². The van der Waals surface area contributed by atoms with Crippen molar-refractivity contribution in [1.82, 2.24) is 4.72 Å². The Kier molecular flexibility index (Phi) is 8.43. The molecular weight excluding hydrogens is 400 g/mol. The van der Waals surface area contributed by atoms with Gasteiger partial charge in [0.05, 0.1) is 4.90 Å². The summed E-state index contributed by atoms with van der Waals surface area (Å²) in [7, 11) is -3.57. The third-order valence-corrected chi connectivity index (χ3v) is 6.49. The number of hydrogen-bond donors (Lipinski definition) is 2. The summed E-state index contributed by atoms with van der Waals surface area (Å²) in [4.78, 5) is 12.9. The largest absolute Gasteiger partial charge is 0.480 e. The summed E-state index contributed by atoms with van der Waals surface area (Å²) in [5.74, 6) is 0.776. The molecule has 0 fully saturated rings. The lowest BCUT2D eigenvalue weighted by molar-refractivity contribution is -0.122. The smallest absolute Gasteiger partial charge is 0.265 e. The van der Waals surface area contributed by atoms with Crippen molar-refractivity contribution in [3.63, 3.8) is 0 Å². The van der Waals surface area contributed by atoms with Crippen LogP contribution in [0.4, 0.5) is 5.69 Å². The zero-order chi connectivity index (χ0) is 22.3. The molecule has 0 aliphatic carbocycles. The SMILES string of the molecule is CCC(Oc1ccccc1C(C)CC)C(=O)Nc1ccc(S(=O)(=O)NC(C)C)cc1. The van der Waals surface area contributed by atoms with Crippen molar-refractivity contribution in [2.45, 2.75) is 70.4 Å². The molecule has 0 heterocycles. The number of carbonyl (C=O) groups is 1. The lowest BCUT2D eigenvalue weighted by Gasteiger charge is -2.21. The van der Waals surface area contributed by atoms with Crippen LogP contribution in [0.1, 0.15) is 58.9 Å². The Morgan fingerprint density at radius 2 is 1.60 bits per heavy atom. The van der Waals surface area contributed by atoms with Gasteiger partial charge in [-0.2, -0.15) is 0 Å². The maximum atomic E-state index is 12.8. The van der Waals surface area contributed by atoms with Gasteiger partial charge in [0.2, 0.25) is 10.0 Å². The first-order valence-corrected chi connectivity index (χ1v) is 11.8. The molecule has 0 saturated carbocycles. The van der Waals surface area contributed by atoms with Crippen molar-refractivity contribution in [2.24, 2.45) is 0 Å². The minimum Gasteiger partial charge on any atom is -0.480 e. The van der Waals surface area contributed by atoms with E-state index in [-0.39, 0.29) is 16.8 Å². The van der Waals surface area contributed by atoms with E-state index in [1.807, 2.05) is 31.2 Å². The van der Waals surface area contributed by atoms with Crippen molar-refractivity contribution in [3.05, 3.63) is 54.1 Å². The molecule has 6 nitrogen and oxygen atoms in total. The Morgan fingerprint density at radius 3 is 2.17 bits per heavy atom. The average Bonchev–Trinajstić information content (AvgIpc) is 2.71. The summed E-state index contributed by atoms with van der Waals surface area (Å²) in [6.45, 7) is 9.66. The minimum absolute atomic E-state index is 0.153. The van der Waals surface area contributed by atoms with Crippen molar-refractivity contribution < 1.29 is 17.9 Å². The molecule has 0 aliphatic heterocycles. The van der Waals surface area contributed by atoms with E-state index in [0.717, 1.165) is 17.7 Å². The summed E-state index contributed by atoms with van der Waals surface area (Å²) in [5, 5.41) is 2.82. The number of amides is 1. The molecule has 0 aromatic heterocycles. The zero-order valence-corrected chi connectivity index (χ0v) is 19.1. The second kappa shape index (κ2) is 10.6. The third kappa shape index (κ3) is 6.31. The molecule has 2 rings (SSSR count). The summed E-state index contributed by atoms with van der Waals surface area (Å²) in [6, 6.07) is 13.7. The molecular formula is C23H32N2O4S.